The van der Waals surface area contributed by atoms with Crippen LogP contribution >= 0.6 is 15.9 Å². The first kappa shape index (κ1) is 13.0. The molecule has 1 aromatic carbocycles. The van der Waals surface area contributed by atoms with Crippen LogP contribution in [0.15, 0.2) is 22.7 Å². The Balaban J connectivity index is 2.86. The molecule has 0 saturated heterocycles. The molecule has 0 aliphatic rings. The van der Waals surface area contributed by atoms with E-state index in [0.29, 0.717) is 12.0 Å². The topological polar surface area (TPSA) is 56.0 Å². The molecule has 1 rings (SSSR count). The van der Waals surface area contributed by atoms with Crippen LogP contribution in [-0.2, 0) is 0 Å². The van der Waals surface area contributed by atoms with Gasteiger partial charge in [0.05, 0.1) is 11.6 Å². The lowest BCUT2D eigenvalue weighted by Crippen LogP contribution is -2.32. The second-order valence-corrected chi connectivity index (χ2v) is 5.14. The second kappa shape index (κ2) is 5.33. The highest BCUT2D eigenvalue weighted by Crippen LogP contribution is 2.27. The van der Waals surface area contributed by atoms with Crippen LogP contribution in [0.3, 0.4) is 0 Å². The highest BCUT2D eigenvalue weighted by molar-refractivity contribution is 9.10. The average Bonchev–Trinajstić information content (AvgIpc) is 2.20. The Labute approximate surface area is 104 Å². The summed E-state index contributed by atoms with van der Waals surface area (Å²) in [7, 11) is 0. The number of halogens is 1. The zero-order valence-corrected chi connectivity index (χ0v) is 11.0. The van der Waals surface area contributed by atoms with Gasteiger partial charge in [-0.05, 0) is 54.4 Å². The molecule has 0 spiro atoms. The SMILES string of the molecule is CC(C)(CCO)Nc1ccc(C#N)cc1Br. The quantitative estimate of drug-likeness (QED) is 0.893. The molecule has 16 heavy (non-hydrogen) atoms. The number of nitrogens with one attached hydrogen (secondary N) is 1. The monoisotopic (exact) mass is 282 g/mol. The van der Waals surface area contributed by atoms with Crippen molar-refractivity contribution >= 4 is 21.6 Å². The highest BCUT2D eigenvalue weighted by atomic mass is 79.9. The zero-order chi connectivity index (χ0) is 12.2. The van der Waals surface area contributed by atoms with Gasteiger partial charge in [-0.1, -0.05) is 0 Å². The van der Waals surface area contributed by atoms with Gasteiger partial charge in [0.25, 0.3) is 0 Å². The average molecular weight is 283 g/mol. The number of hydrogen-bond donors (Lipinski definition) is 2. The minimum atomic E-state index is -0.175. The molecule has 0 bridgehead atoms. The van der Waals surface area contributed by atoms with Crippen molar-refractivity contribution < 1.29 is 5.11 Å². The minimum Gasteiger partial charge on any atom is -0.396 e. The van der Waals surface area contributed by atoms with Crippen molar-refractivity contribution in [2.24, 2.45) is 0 Å². The molecule has 0 saturated carbocycles. The Kier molecular flexibility index (Phi) is 4.34. The van der Waals surface area contributed by atoms with E-state index in [1.807, 2.05) is 19.9 Å². The summed E-state index contributed by atoms with van der Waals surface area (Å²) < 4.78 is 0.859. The van der Waals surface area contributed by atoms with Gasteiger partial charge in [0.2, 0.25) is 0 Å². The summed E-state index contributed by atoms with van der Waals surface area (Å²) in [4.78, 5) is 0. The largest absolute Gasteiger partial charge is 0.396 e. The van der Waals surface area contributed by atoms with Crippen molar-refractivity contribution in [3.8, 4) is 6.07 Å². The van der Waals surface area contributed by atoms with Crippen LogP contribution in [0.1, 0.15) is 25.8 Å². The van der Waals surface area contributed by atoms with E-state index < -0.39 is 0 Å². The second-order valence-electron chi connectivity index (χ2n) is 4.29. The minimum absolute atomic E-state index is 0.147. The molecule has 0 atom stereocenters. The van der Waals surface area contributed by atoms with Crippen LogP contribution in [0.25, 0.3) is 0 Å². The van der Waals surface area contributed by atoms with Gasteiger partial charge in [-0.15, -0.1) is 0 Å². The summed E-state index contributed by atoms with van der Waals surface area (Å²) in [6.07, 6.45) is 0.666. The van der Waals surface area contributed by atoms with Crippen molar-refractivity contribution in [1.29, 1.82) is 5.26 Å². The van der Waals surface area contributed by atoms with Crippen molar-refractivity contribution in [3.05, 3.63) is 28.2 Å². The highest BCUT2D eigenvalue weighted by Gasteiger charge is 2.17. The third kappa shape index (κ3) is 3.51. The molecule has 4 heteroatoms. The van der Waals surface area contributed by atoms with Gasteiger partial charge in [0, 0.05) is 22.3 Å². The maximum absolute atomic E-state index is 8.94. The Morgan fingerprint density at radius 3 is 2.69 bits per heavy atom. The summed E-state index contributed by atoms with van der Waals surface area (Å²) in [5, 5.41) is 21.0. The number of rotatable bonds is 4. The number of aliphatic hydroxyl groups is 1. The van der Waals surface area contributed by atoms with Crippen LogP contribution in [0.2, 0.25) is 0 Å². The van der Waals surface area contributed by atoms with Crippen LogP contribution in [-0.4, -0.2) is 17.3 Å². The van der Waals surface area contributed by atoms with E-state index in [1.54, 1.807) is 12.1 Å². The summed E-state index contributed by atoms with van der Waals surface area (Å²) in [6, 6.07) is 7.49. The summed E-state index contributed by atoms with van der Waals surface area (Å²) in [6.45, 7) is 4.19. The first-order valence-electron chi connectivity index (χ1n) is 5.07. The van der Waals surface area contributed by atoms with Gasteiger partial charge >= 0.3 is 0 Å². The first-order chi connectivity index (χ1) is 7.48. The van der Waals surface area contributed by atoms with Crippen LogP contribution in [0.4, 0.5) is 5.69 Å². The number of hydrogen-bond acceptors (Lipinski definition) is 3. The van der Waals surface area contributed by atoms with Crippen LogP contribution in [0, 0.1) is 11.3 Å². The van der Waals surface area contributed by atoms with Gasteiger partial charge in [0.15, 0.2) is 0 Å². The lowest BCUT2D eigenvalue weighted by Gasteiger charge is -2.27. The Morgan fingerprint density at radius 2 is 2.19 bits per heavy atom. The smallest absolute Gasteiger partial charge is 0.0992 e. The van der Waals surface area contributed by atoms with Gasteiger partial charge < -0.3 is 10.4 Å². The van der Waals surface area contributed by atoms with E-state index in [-0.39, 0.29) is 12.1 Å². The number of anilines is 1. The lowest BCUT2D eigenvalue weighted by atomic mass is 10.0. The lowest BCUT2D eigenvalue weighted by molar-refractivity contribution is 0.261. The van der Waals surface area contributed by atoms with Gasteiger partial charge in [-0.3, -0.25) is 0 Å². The van der Waals surface area contributed by atoms with Crippen LogP contribution in [0.5, 0.6) is 0 Å². The summed E-state index contributed by atoms with van der Waals surface area (Å²) >= 11 is 3.42. The van der Waals surface area contributed by atoms with Crippen LogP contribution < -0.4 is 5.32 Å². The fraction of sp³-hybridized carbons (Fsp3) is 0.417. The standard InChI is InChI=1S/C12H15BrN2O/c1-12(2,5-6-16)15-11-4-3-9(8-14)7-10(11)13/h3-4,7,15-16H,5-6H2,1-2H3. The first-order valence-corrected chi connectivity index (χ1v) is 5.86. The number of nitriles is 1. The Morgan fingerprint density at radius 1 is 1.50 bits per heavy atom. The van der Waals surface area contributed by atoms with E-state index in [2.05, 4.69) is 27.3 Å². The van der Waals surface area contributed by atoms with Gasteiger partial charge in [-0.2, -0.15) is 5.26 Å². The maximum atomic E-state index is 8.94. The molecular weight excluding hydrogens is 268 g/mol. The molecule has 0 unspecified atom stereocenters. The Hall–Kier alpha value is -1.05. The molecule has 3 nitrogen and oxygen atoms in total. The molecule has 0 aliphatic carbocycles. The van der Waals surface area contributed by atoms with E-state index >= 15 is 0 Å². The van der Waals surface area contributed by atoms with E-state index in [0.717, 1.165) is 10.2 Å². The molecule has 0 aromatic heterocycles. The van der Waals surface area contributed by atoms with Gasteiger partial charge in [0.1, 0.15) is 0 Å². The predicted molar refractivity (Wildman–Crippen MR) is 68.3 cm³/mol. The molecule has 1 aromatic rings. The normalized spacial score (nSPS) is 10.9. The fourth-order valence-electron chi connectivity index (χ4n) is 1.39. The zero-order valence-electron chi connectivity index (χ0n) is 9.42. The van der Waals surface area contributed by atoms with E-state index in [4.69, 9.17) is 10.4 Å². The fourth-order valence-corrected chi connectivity index (χ4v) is 1.87. The molecule has 0 amide bonds. The molecule has 0 aliphatic heterocycles. The van der Waals surface area contributed by atoms with Crippen molar-refractivity contribution in [2.75, 3.05) is 11.9 Å². The molecule has 2 N–H and O–H groups in total. The molecular formula is C12H15BrN2O. The Bertz CT molecular complexity index is 410. The van der Waals surface area contributed by atoms with E-state index in [9.17, 15) is 0 Å². The third-order valence-electron chi connectivity index (χ3n) is 2.31. The third-order valence-corrected chi connectivity index (χ3v) is 2.96. The maximum Gasteiger partial charge on any atom is 0.0992 e. The number of nitrogens with zero attached hydrogens (tertiary/aromatic N) is 1. The van der Waals surface area contributed by atoms with Gasteiger partial charge in [-0.25, -0.2) is 0 Å². The number of benzene rings is 1. The molecule has 0 fully saturated rings. The predicted octanol–water partition coefficient (Wildman–Crippen LogP) is 2.89. The molecule has 86 valence electrons. The molecule has 0 heterocycles. The summed E-state index contributed by atoms with van der Waals surface area (Å²) in [5.41, 5.74) is 1.38. The van der Waals surface area contributed by atoms with Crippen molar-refractivity contribution in [1.82, 2.24) is 0 Å². The van der Waals surface area contributed by atoms with E-state index in [1.165, 1.54) is 0 Å². The van der Waals surface area contributed by atoms with Crippen molar-refractivity contribution in [3.63, 3.8) is 0 Å². The van der Waals surface area contributed by atoms with Crippen molar-refractivity contribution in [2.45, 2.75) is 25.8 Å². The number of aliphatic hydroxyl groups excluding tert-OH is 1. The molecule has 0 radical (unpaired) electrons. The summed E-state index contributed by atoms with van der Waals surface area (Å²) in [5.74, 6) is 0.